The molecule has 2 aromatic rings. The average molecular weight is 546 g/mol. The van der Waals surface area contributed by atoms with Crippen LogP contribution < -0.4 is 5.32 Å². The largest absolute Gasteiger partial charge is 0.388 e. The second-order valence-electron chi connectivity index (χ2n) is 7.68. The zero-order valence-electron chi connectivity index (χ0n) is 20.9. The molecule has 0 aliphatic heterocycles. The van der Waals surface area contributed by atoms with E-state index in [4.69, 9.17) is 22.3 Å². The smallest absolute Gasteiger partial charge is 0.128 e. The second kappa shape index (κ2) is 17.9. The van der Waals surface area contributed by atoms with Crippen LogP contribution in [0.2, 0.25) is 5.02 Å². The Bertz CT molecular complexity index is 911. The summed E-state index contributed by atoms with van der Waals surface area (Å²) in [6, 6.07) is 12.7. The molecular formula is C28H38BrClN4. The van der Waals surface area contributed by atoms with Gasteiger partial charge in [-0.25, -0.2) is 5.26 Å². The number of benzene rings is 2. The van der Waals surface area contributed by atoms with E-state index in [0.29, 0.717) is 11.9 Å². The first-order valence-corrected chi connectivity index (χ1v) is 12.8. The minimum Gasteiger partial charge on any atom is -0.388 e. The highest BCUT2D eigenvalue weighted by molar-refractivity contribution is 9.10. The average Bonchev–Trinajstić information content (AvgIpc) is 2.86. The molecule has 2 rings (SSSR count). The Morgan fingerprint density at radius 1 is 1.09 bits per heavy atom. The van der Waals surface area contributed by atoms with Gasteiger partial charge in [0.1, 0.15) is 5.84 Å². The van der Waals surface area contributed by atoms with E-state index in [1.165, 1.54) is 5.56 Å². The van der Waals surface area contributed by atoms with Crippen molar-refractivity contribution in [1.29, 1.82) is 10.7 Å². The third-order valence-corrected chi connectivity index (χ3v) is 6.51. The molecule has 4 nitrogen and oxygen atoms in total. The van der Waals surface area contributed by atoms with Crippen LogP contribution in [0.1, 0.15) is 63.1 Å². The first-order valence-electron chi connectivity index (χ1n) is 11.6. The maximum Gasteiger partial charge on any atom is 0.128 e. The standard InChI is InChI=1S/C25H35BrClN3.C2H2.CHN/c1-5-9-20(10-6-2)30(7-3)25(28)22-11-8-12-23(27)21(22)15-13-18-17-19(26)14-16-24(18)29-4;2*1-2/h8,11-12,14,16-17,20,28-29H,5-7,9-10,13,15H2,1-4H3;1-2H;1H. The molecule has 0 radical (unpaired) electrons. The van der Waals surface area contributed by atoms with Crippen molar-refractivity contribution in [1.82, 2.24) is 4.90 Å². The molecule has 0 heterocycles. The van der Waals surface area contributed by atoms with Crippen LogP contribution in [0.3, 0.4) is 0 Å². The summed E-state index contributed by atoms with van der Waals surface area (Å²) in [4.78, 5) is 2.26. The summed E-state index contributed by atoms with van der Waals surface area (Å²) in [6.07, 6.45) is 14.2. The van der Waals surface area contributed by atoms with Crippen LogP contribution in [-0.2, 0) is 12.8 Å². The van der Waals surface area contributed by atoms with Gasteiger partial charge in [-0.2, -0.15) is 0 Å². The Morgan fingerprint density at radius 2 is 1.71 bits per heavy atom. The molecule has 0 saturated carbocycles. The molecule has 0 aliphatic carbocycles. The quantitative estimate of drug-likeness (QED) is 0.171. The molecule has 6 heteroatoms. The summed E-state index contributed by atoms with van der Waals surface area (Å²) in [5.41, 5.74) is 4.40. The van der Waals surface area contributed by atoms with E-state index >= 15 is 0 Å². The van der Waals surface area contributed by atoms with Gasteiger partial charge in [0.05, 0.1) is 0 Å². The Labute approximate surface area is 220 Å². The molecule has 0 fully saturated rings. The lowest BCUT2D eigenvalue weighted by Gasteiger charge is -2.34. The maximum atomic E-state index is 9.05. The fourth-order valence-corrected chi connectivity index (χ4v) is 4.86. The number of hydrogen-bond donors (Lipinski definition) is 2. The number of hydrogen-bond acceptors (Lipinski definition) is 3. The monoisotopic (exact) mass is 544 g/mol. The van der Waals surface area contributed by atoms with Crippen LogP contribution >= 0.6 is 27.5 Å². The Balaban J connectivity index is 0.00000258. The van der Waals surface area contributed by atoms with Crippen LogP contribution in [0.15, 0.2) is 40.9 Å². The van der Waals surface area contributed by atoms with Crippen molar-refractivity contribution in [2.75, 3.05) is 18.9 Å². The number of terminal acetylenes is 1. The van der Waals surface area contributed by atoms with E-state index in [0.717, 1.165) is 71.4 Å². The first kappa shape index (κ1) is 31.5. The molecule has 34 heavy (non-hydrogen) atoms. The van der Waals surface area contributed by atoms with Crippen LogP contribution in [0.25, 0.3) is 0 Å². The van der Waals surface area contributed by atoms with Gasteiger partial charge in [0, 0.05) is 47.0 Å². The van der Waals surface area contributed by atoms with Gasteiger partial charge in [-0.3, -0.25) is 5.41 Å². The van der Waals surface area contributed by atoms with E-state index < -0.39 is 0 Å². The third kappa shape index (κ3) is 9.05. The zero-order valence-corrected chi connectivity index (χ0v) is 23.2. The molecule has 0 aromatic heterocycles. The summed E-state index contributed by atoms with van der Waals surface area (Å²) in [5.74, 6) is 0.602. The van der Waals surface area contributed by atoms with Crippen molar-refractivity contribution >= 4 is 39.1 Å². The lowest BCUT2D eigenvalue weighted by atomic mass is 9.96. The minimum absolute atomic E-state index is 0.408. The molecule has 2 aromatic carbocycles. The number of anilines is 1. The van der Waals surface area contributed by atoms with Crippen molar-refractivity contribution in [3.05, 3.63) is 62.6 Å². The van der Waals surface area contributed by atoms with E-state index in [1.54, 1.807) is 0 Å². The van der Waals surface area contributed by atoms with E-state index in [2.05, 4.69) is 84.5 Å². The molecule has 0 unspecified atom stereocenters. The first-order chi connectivity index (χ1) is 16.5. The van der Waals surface area contributed by atoms with E-state index in [-0.39, 0.29) is 0 Å². The predicted octanol–water partition coefficient (Wildman–Crippen LogP) is 7.93. The number of aryl methyl sites for hydroxylation is 1. The number of halogens is 2. The molecule has 0 bridgehead atoms. The van der Waals surface area contributed by atoms with Crippen molar-refractivity contribution in [2.45, 2.75) is 65.3 Å². The van der Waals surface area contributed by atoms with Crippen LogP contribution in [0.4, 0.5) is 5.69 Å². The summed E-state index contributed by atoms with van der Waals surface area (Å²) >= 11 is 10.2. The molecule has 0 spiro atoms. The van der Waals surface area contributed by atoms with Gasteiger partial charge in [0.2, 0.25) is 0 Å². The maximum absolute atomic E-state index is 9.05. The van der Waals surface area contributed by atoms with Gasteiger partial charge < -0.3 is 10.2 Å². The van der Waals surface area contributed by atoms with Crippen molar-refractivity contribution in [2.24, 2.45) is 0 Å². The number of nitrogens with zero attached hydrogens (tertiary/aromatic N) is 2. The van der Waals surface area contributed by atoms with Gasteiger partial charge in [-0.15, -0.1) is 12.8 Å². The van der Waals surface area contributed by atoms with Gasteiger partial charge in [0.15, 0.2) is 0 Å². The highest BCUT2D eigenvalue weighted by Gasteiger charge is 2.22. The van der Waals surface area contributed by atoms with Crippen LogP contribution in [0.5, 0.6) is 0 Å². The van der Waals surface area contributed by atoms with E-state index in [1.807, 2.05) is 25.2 Å². The van der Waals surface area contributed by atoms with Gasteiger partial charge in [0.25, 0.3) is 0 Å². The minimum atomic E-state index is 0.408. The van der Waals surface area contributed by atoms with Gasteiger partial charge >= 0.3 is 0 Å². The number of nitrogens with one attached hydrogen (secondary N) is 2. The predicted molar refractivity (Wildman–Crippen MR) is 152 cm³/mol. The summed E-state index contributed by atoms with van der Waals surface area (Å²) < 4.78 is 1.07. The molecular weight excluding hydrogens is 508 g/mol. The fourth-order valence-electron chi connectivity index (χ4n) is 4.18. The molecule has 0 saturated heterocycles. The summed E-state index contributed by atoms with van der Waals surface area (Å²) in [7, 11) is 1.95. The number of amidine groups is 1. The Morgan fingerprint density at radius 3 is 2.24 bits per heavy atom. The summed E-state index contributed by atoms with van der Waals surface area (Å²) in [5, 5.41) is 19.6. The fraction of sp³-hybridized carbons (Fsp3) is 0.429. The van der Waals surface area contributed by atoms with Crippen LogP contribution in [0, 0.1) is 30.1 Å². The molecule has 0 aliphatic rings. The number of nitriles is 1. The van der Waals surface area contributed by atoms with Crippen molar-refractivity contribution in [3.63, 3.8) is 0 Å². The zero-order chi connectivity index (χ0) is 26.1. The van der Waals surface area contributed by atoms with Crippen LogP contribution in [-0.4, -0.2) is 30.4 Å². The topological polar surface area (TPSA) is 62.9 Å². The lowest BCUT2D eigenvalue weighted by Crippen LogP contribution is -2.40. The molecule has 0 amide bonds. The van der Waals surface area contributed by atoms with Gasteiger partial charge in [-0.05, 0) is 68.0 Å². The Kier molecular flexibility index (Phi) is 16.6. The van der Waals surface area contributed by atoms with Crippen molar-refractivity contribution in [3.8, 4) is 19.4 Å². The molecule has 2 N–H and O–H groups in total. The second-order valence-corrected chi connectivity index (χ2v) is 9.01. The van der Waals surface area contributed by atoms with Crippen molar-refractivity contribution < 1.29 is 0 Å². The highest BCUT2D eigenvalue weighted by atomic mass is 79.9. The molecule has 0 atom stereocenters. The highest BCUT2D eigenvalue weighted by Crippen LogP contribution is 2.28. The van der Waals surface area contributed by atoms with E-state index in [9.17, 15) is 0 Å². The SMILES string of the molecule is C#C.C#N.CCCC(CCC)N(CC)C(=N)c1cccc(Cl)c1CCc1cc(Br)ccc1NC. The lowest BCUT2D eigenvalue weighted by molar-refractivity contribution is 0.286. The normalized spacial score (nSPS) is 9.85. The molecule has 184 valence electrons. The van der Waals surface area contributed by atoms with Gasteiger partial charge in [-0.1, -0.05) is 66.4 Å². The number of rotatable bonds is 11. The Hall–Kier alpha value is -2.47. The summed E-state index contributed by atoms with van der Waals surface area (Å²) in [6.45, 7) is 10.9. The third-order valence-electron chi connectivity index (χ3n) is 5.67.